The molecule has 0 spiro atoms. The van der Waals surface area contributed by atoms with Crippen molar-refractivity contribution >= 4 is 15.9 Å². The summed E-state index contributed by atoms with van der Waals surface area (Å²) >= 11 is 0. The third kappa shape index (κ3) is 3.62. The van der Waals surface area contributed by atoms with Crippen LogP contribution in [0.15, 0.2) is 18.2 Å². The van der Waals surface area contributed by atoms with Gasteiger partial charge in [0.1, 0.15) is 0 Å². The highest BCUT2D eigenvalue weighted by molar-refractivity contribution is 7.90. The van der Waals surface area contributed by atoms with Crippen molar-refractivity contribution in [2.75, 3.05) is 24.9 Å². The van der Waals surface area contributed by atoms with Crippen molar-refractivity contribution in [3.8, 4) is 0 Å². The smallest absolute Gasteiger partial charge is 0.301 e. The van der Waals surface area contributed by atoms with Gasteiger partial charge in [0.15, 0.2) is 11.6 Å². The van der Waals surface area contributed by atoms with E-state index in [4.69, 9.17) is 5.73 Å². The maximum Gasteiger partial charge on any atom is 0.301 e. The van der Waals surface area contributed by atoms with Crippen molar-refractivity contribution in [1.82, 2.24) is 4.31 Å². The fraction of sp³-hybridized carbons (Fsp3) is 0.400. The maximum absolute atomic E-state index is 13.3. The van der Waals surface area contributed by atoms with E-state index in [0.29, 0.717) is 13.0 Å². The summed E-state index contributed by atoms with van der Waals surface area (Å²) in [6, 6.07) is 3.27. The van der Waals surface area contributed by atoms with E-state index in [1.165, 1.54) is 13.1 Å². The highest BCUT2D eigenvalue weighted by atomic mass is 32.2. The molecule has 0 atom stereocenters. The lowest BCUT2D eigenvalue weighted by Gasteiger charge is -2.18. The number of halogens is 2. The Morgan fingerprint density at radius 3 is 2.67 bits per heavy atom. The van der Waals surface area contributed by atoms with E-state index in [9.17, 15) is 17.2 Å². The molecule has 1 aromatic carbocycles. The van der Waals surface area contributed by atoms with E-state index in [-0.39, 0.29) is 6.54 Å². The standard InChI is InChI=1S/C10H15F2N3O2S/c1-15(7-3-6-13)18(16,17)14-9-5-2-4-8(11)10(9)12/h2,4-5,14H,3,6-7,13H2,1H3. The normalized spacial score (nSPS) is 11.8. The number of nitrogens with zero attached hydrogens (tertiary/aromatic N) is 1. The molecule has 1 aromatic rings. The monoisotopic (exact) mass is 279 g/mol. The van der Waals surface area contributed by atoms with Gasteiger partial charge in [0, 0.05) is 13.6 Å². The molecule has 18 heavy (non-hydrogen) atoms. The topological polar surface area (TPSA) is 75.4 Å². The minimum Gasteiger partial charge on any atom is -0.330 e. The predicted octanol–water partition coefficient (Wildman–Crippen LogP) is 0.902. The SMILES string of the molecule is CN(CCCN)S(=O)(=O)Nc1cccc(F)c1F. The molecule has 0 fully saturated rings. The van der Waals surface area contributed by atoms with Crippen LogP contribution in [-0.4, -0.2) is 32.9 Å². The molecule has 0 radical (unpaired) electrons. The number of hydrogen-bond acceptors (Lipinski definition) is 3. The lowest BCUT2D eigenvalue weighted by Crippen LogP contribution is -2.34. The van der Waals surface area contributed by atoms with Crippen LogP contribution in [0.1, 0.15) is 6.42 Å². The van der Waals surface area contributed by atoms with Crippen LogP contribution in [0, 0.1) is 11.6 Å². The van der Waals surface area contributed by atoms with Crippen LogP contribution < -0.4 is 10.5 Å². The van der Waals surface area contributed by atoms with Crippen LogP contribution in [0.2, 0.25) is 0 Å². The van der Waals surface area contributed by atoms with Crippen molar-refractivity contribution in [3.05, 3.63) is 29.8 Å². The molecule has 0 saturated carbocycles. The summed E-state index contributed by atoms with van der Waals surface area (Å²) in [5.41, 5.74) is 4.84. The minimum atomic E-state index is -3.90. The first-order valence-electron chi connectivity index (χ1n) is 5.26. The Kier molecular flexibility index (Phi) is 5.00. The van der Waals surface area contributed by atoms with Gasteiger partial charge in [-0.1, -0.05) is 6.07 Å². The quantitative estimate of drug-likeness (QED) is 0.812. The number of nitrogens with two attached hydrogens (primary N) is 1. The first kappa shape index (κ1) is 14.8. The Bertz CT molecular complexity index is 508. The first-order chi connectivity index (χ1) is 8.38. The molecule has 102 valence electrons. The average Bonchev–Trinajstić information content (AvgIpc) is 2.31. The van der Waals surface area contributed by atoms with Crippen molar-refractivity contribution in [1.29, 1.82) is 0 Å². The van der Waals surface area contributed by atoms with Crippen molar-refractivity contribution in [2.24, 2.45) is 5.73 Å². The molecular weight excluding hydrogens is 264 g/mol. The average molecular weight is 279 g/mol. The summed E-state index contributed by atoms with van der Waals surface area (Å²) in [5.74, 6) is -2.34. The van der Waals surface area contributed by atoms with Crippen LogP contribution in [0.25, 0.3) is 0 Å². The summed E-state index contributed by atoms with van der Waals surface area (Å²) < 4.78 is 52.7. The van der Waals surface area contributed by atoms with Gasteiger partial charge in [-0.3, -0.25) is 4.72 Å². The van der Waals surface area contributed by atoms with E-state index in [1.807, 2.05) is 4.72 Å². The zero-order chi connectivity index (χ0) is 13.8. The Hall–Kier alpha value is -1.25. The number of nitrogens with one attached hydrogen (secondary N) is 1. The van der Waals surface area contributed by atoms with E-state index < -0.39 is 27.5 Å². The zero-order valence-corrected chi connectivity index (χ0v) is 10.7. The second-order valence-corrected chi connectivity index (χ2v) is 5.45. The highest BCUT2D eigenvalue weighted by Gasteiger charge is 2.19. The molecular formula is C10H15F2N3O2S. The zero-order valence-electron chi connectivity index (χ0n) is 9.86. The Balaban J connectivity index is 2.85. The molecule has 0 amide bonds. The van der Waals surface area contributed by atoms with Crippen molar-refractivity contribution in [2.45, 2.75) is 6.42 Å². The van der Waals surface area contributed by atoms with E-state index in [1.54, 1.807) is 0 Å². The molecule has 0 aromatic heterocycles. The lowest BCUT2D eigenvalue weighted by atomic mass is 10.3. The van der Waals surface area contributed by atoms with E-state index in [0.717, 1.165) is 16.4 Å². The Morgan fingerprint density at radius 2 is 2.06 bits per heavy atom. The number of benzene rings is 1. The summed E-state index contributed by atoms with van der Waals surface area (Å²) in [6.45, 7) is 0.539. The fourth-order valence-corrected chi connectivity index (χ4v) is 2.19. The van der Waals surface area contributed by atoms with Gasteiger partial charge in [-0.2, -0.15) is 12.7 Å². The second kappa shape index (κ2) is 6.07. The van der Waals surface area contributed by atoms with Crippen LogP contribution in [0.5, 0.6) is 0 Å². The molecule has 0 aliphatic carbocycles. The molecule has 8 heteroatoms. The van der Waals surface area contributed by atoms with E-state index >= 15 is 0 Å². The van der Waals surface area contributed by atoms with Crippen LogP contribution >= 0.6 is 0 Å². The van der Waals surface area contributed by atoms with Gasteiger partial charge in [0.25, 0.3) is 0 Å². The maximum atomic E-state index is 13.3. The molecule has 0 aliphatic heterocycles. The summed E-state index contributed by atoms with van der Waals surface area (Å²) in [5, 5.41) is 0. The van der Waals surface area contributed by atoms with Gasteiger partial charge in [-0.15, -0.1) is 0 Å². The predicted molar refractivity (Wildman–Crippen MR) is 65.2 cm³/mol. The third-order valence-electron chi connectivity index (χ3n) is 2.28. The number of anilines is 1. The summed E-state index contributed by atoms with van der Waals surface area (Å²) in [6.07, 6.45) is 0.475. The third-order valence-corrected chi connectivity index (χ3v) is 3.76. The van der Waals surface area contributed by atoms with Gasteiger partial charge in [-0.25, -0.2) is 8.78 Å². The van der Waals surface area contributed by atoms with Gasteiger partial charge >= 0.3 is 10.2 Å². The van der Waals surface area contributed by atoms with Crippen molar-refractivity contribution < 1.29 is 17.2 Å². The molecule has 5 nitrogen and oxygen atoms in total. The van der Waals surface area contributed by atoms with Gasteiger partial charge in [0.05, 0.1) is 5.69 Å². The van der Waals surface area contributed by atoms with Crippen LogP contribution in [0.4, 0.5) is 14.5 Å². The van der Waals surface area contributed by atoms with Gasteiger partial charge in [-0.05, 0) is 25.1 Å². The number of hydrogen-bond donors (Lipinski definition) is 2. The Morgan fingerprint density at radius 1 is 1.39 bits per heavy atom. The first-order valence-corrected chi connectivity index (χ1v) is 6.70. The summed E-state index contributed by atoms with van der Waals surface area (Å²) in [4.78, 5) is 0. The molecule has 1 rings (SSSR count). The minimum absolute atomic E-state index is 0.197. The van der Waals surface area contributed by atoms with Gasteiger partial charge < -0.3 is 5.73 Å². The summed E-state index contributed by atoms with van der Waals surface area (Å²) in [7, 11) is -2.58. The van der Waals surface area contributed by atoms with Gasteiger partial charge in [0.2, 0.25) is 0 Å². The molecule has 3 N–H and O–H groups in total. The second-order valence-electron chi connectivity index (χ2n) is 3.67. The van der Waals surface area contributed by atoms with Crippen molar-refractivity contribution in [3.63, 3.8) is 0 Å². The molecule has 0 unspecified atom stereocenters. The molecule has 0 bridgehead atoms. The van der Waals surface area contributed by atoms with Crippen LogP contribution in [-0.2, 0) is 10.2 Å². The van der Waals surface area contributed by atoms with Crippen LogP contribution in [0.3, 0.4) is 0 Å². The molecule has 0 heterocycles. The number of rotatable bonds is 6. The fourth-order valence-electron chi connectivity index (χ4n) is 1.23. The highest BCUT2D eigenvalue weighted by Crippen LogP contribution is 2.18. The van der Waals surface area contributed by atoms with E-state index in [2.05, 4.69) is 0 Å². The Labute approximate surface area is 105 Å². The molecule has 0 saturated heterocycles. The largest absolute Gasteiger partial charge is 0.330 e. The molecule has 0 aliphatic rings. The lowest BCUT2D eigenvalue weighted by molar-refractivity contribution is 0.467.